The predicted molar refractivity (Wildman–Crippen MR) is 126 cm³/mol. The number of aromatic hydroxyl groups is 1. The summed E-state index contributed by atoms with van der Waals surface area (Å²) in [5.41, 5.74) is 0.276. The van der Waals surface area contributed by atoms with Crippen LogP contribution in [0.3, 0.4) is 0 Å². The third-order valence-corrected chi connectivity index (χ3v) is 7.48. The fourth-order valence-corrected chi connectivity index (χ4v) is 5.54. The summed E-state index contributed by atoms with van der Waals surface area (Å²) in [7, 11) is 0. The van der Waals surface area contributed by atoms with Gasteiger partial charge in [-0.2, -0.15) is 0 Å². The molecule has 2 aromatic carbocycles. The molecule has 2 amide bonds. The van der Waals surface area contributed by atoms with Crippen molar-refractivity contribution in [1.29, 1.82) is 0 Å². The van der Waals surface area contributed by atoms with Crippen LogP contribution < -0.4 is 0 Å². The standard InChI is InChI=1S/C26H33N3O4/c30-24-21-5-2-1-4-20(21)7-8-22(24)25(31)29-11-3-6-23(29)26(32)28-12-9-19(10-13-28)18-27-14-16-33-17-15-27/h1-2,4-5,7-8,19,23,30H,3,6,9-18H2. The van der Waals surface area contributed by atoms with Gasteiger partial charge in [0.25, 0.3) is 5.91 Å². The third-order valence-electron chi connectivity index (χ3n) is 7.48. The Balaban J connectivity index is 1.23. The second-order valence-electron chi connectivity index (χ2n) is 9.52. The molecular weight excluding hydrogens is 418 g/mol. The molecule has 1 unspecified atom stereocenters. The van der Waals surface area contributed by atoms with Crippen molar-refractivity contribution in [2.75, 3.05) is 52.5 Å². The van der Waals surface area contributed by atoms with E-state index >= 15 is 0 Å². The lowest BCUT2D eigenvalue weighted by Gasteiger charge is -2.38. The maximum atomic E-state index is 13.4. The Labute approximate surface area is 194 Å². The molecule has 5 rings (SSSR count). The summed E-state index contributed by atoms with van der Waals surface area (Å²) in [6.07, 6.45) is 3.51. The van der Waals surface area contributed by atoms with Crippen molar-refractivity contribution in [3.8, 4) is 5.75 Å². The Kier molecular flexibility index (Phi) is 6.51. The van der Waals surface area contributed by atoms with Crippen molar-refractivity contribution in [2.24, 2.45) is 5.92 Å². The molecule has 7 nitrogen and oxygen atoms in total. The molecule has 2 aromatic rings. The van der Waals surface area contributed by atoms with Gasteiger partial charge in [0.1, 0.15) is 11.8 Å². The number of benzene rings is 2. The molecule has 0 aliphatic carbocycles. The molecule has 1 atom stereocenters. The number of phenols is 1. The molecule has 7 heteroatoms. The Bertz CT molecular complexity index is 1010. The smallest absolute Gasteiger partial charge is 0.258 e. The van der Waals surface area contributed by atoms with Crippen LogP contribution in [0.15, 0.2) is 36.4 Å². The Morgan fingerprint density at radius 2 is 1.70 bits per heavy atom. The first-order chi connectivity index (χ1) is 16.1. The minimum absolute atomic E-state index is 0.000117. The van der Waals surface area contributed by atoms with Crippen molar-refractivity contribution < 1.29 is 19.4 Å². The van der Waals surface area contributed by atoms with Gasteiger partial charge in [0.15, 0.2) is 0 Å². The molecule has 3 fully saturated rings. The molecule has 0 bridgehead atoms. The normalized spacial score (nSPS) is 22.7. The summed E-state index contributed by atoms with van der Waals surface area (Å²) in [6, 6.07) is 10.6. The van der Waals surface area contributed by atoms with Crippen LogP contribution in [-0.2, 0) is 9.53 Å². The van der Waals surface area contributed by atoms with Gasteiger partial charge in [-0.3, -0.25) is 14.5 Å². The lowest BCUT2D eigenvalue weighted by molar-refractivity contribution is -0.136. The van der Waals surface area contributed by atoms with E-state index in [0.717, 1.165) is 70.6 Å². The zero-order valence-electron chi connectivity index (χ0n) is 19.1. The monoisotopic (exact) mass is 451 g/mol. The highest BCUT2D eigenvalue weighted by atomic mass is 16.5. The number of carbonyl (C=O) groups excluding carboxylic acids is 2. The number of morpholine rings is 1. The van der Waals surface area contributed by atoms with E-state index in [0.29, 0.717) is 24.3 Å². The third kappa shape index (κ3) is 4.57. The number of ether oxygens (including phenoxy) is 1. The first-order valence-corrected chi connectivity index (χ1v) is 12.2. The quantitative estimate of drug-likeness (QED) is 0.774. The van der Waals surface area contributed by atoms with Gasteiger partial charge in [-0.15, -0.1) is 0 Å². The Hall–Kier alpha value is -2.64. The molecule has 3 heterocycles. The summed E-state index contributed by atoms with van der Waals surface area (Å²) < 4.78 is 5.44. The zero-order valence-corrected chi connectivity index (χ0v) is 19.1. The largest absolute Gasteiger partial charge is 0.506 e. The van der Waals surface area contributed by atoms with Crippen LogP contribution in [0, 0.1) is 5.92 Å². The van der Waals surface area contributed by atoms with Gasteiger partial charge in [0.2, 0.25) is 5.91 Å². The van der Waals surface area contributed by atoms with Crippen molar-refractivity contribution >= 4 is 22.6 Å². The molecule has 0 radical (unpaired) electrons. The number of likely N-dealkylation sites (tertiary alicyclic amines) is 2. The fourth-order valence-electron chi connectivity index (χ4n) is 5.54. The first kappa shape index (κ1) is 22.2. The summed E-state index contributed by atoms with van der Waals surface area (Å²) in [5, 5.41) is 12.3. The van der Waals surface area contributed by atoms with E-state index in [1.54, 1.807) is 11.0 Å². The highest BCUT2D eigenvalue weighted by molar-refractivity contribution is 6.05. The van der Waals surface area contributed by atoms with Crippen molar-refractivity contribution in [3.63, 3.8) is 0 Å². The highest BCUT2D eigenvalue weighted by Gasteiger charge is 2.38. The molecule has 33 heavy (non-hydrogen) atoms. The van der Waals surface area contributed by atoms with E-state index in [9.17, 15) is 14.7 Å². The second-order valence-corrected chi connectivity index (χ2v) is 9.52. The molecule has 176 valence electrons. The maximum Gasteiger partial charge on any atom is 0.258 e. The van der Waals surface area contributed by atoms with Crippen molar-refractivity contribution in [2.45, 2.75) is 31.7 Å². The van der Waals surface area contributed by atoms with Gasteiger partial charge in [0, 0.05) is 44.7 Å². The average molecular weight is 452 g/mol. The number of nitrogens with zero attached hydrogens (tertiary/aromatic N) is 3. The van der Waals surface area contributed by atoms with Crippen molar-refractivity contribution in [1.82, 2.24) is 14.7 Å². The number of rotatable bonds is 4. The van der Waals surface area contributed by atoms with Crippen LogP contribution in [-0.4, -0.2) is 90.1 Å². The van der Waals surface area contributed by atoms with Crippen LogP contribution in [0.25, 0.3) is 10.8 Å². The predicted octanol–water partition coefficient (Wildman–Crippen LogP) is 2.72. The molecular formula is C26H33N3O4. The molecule has 0 saturated carbocycles. The van der Waals surface area contributed by atoms with Gasteiger partial charge in [-0.25, -0.2) is 0 Å². The molecule has 1 N–H and O–H groups in total. The van der Waals surface area contributed by atoms with E-state index in [2.05, 4.69) is 4.90 Å². The van der Waals surface area contributed by atoms with Crippen LogP contribution in [0.1, 0.15) is 36.0 Å². The lowest BCUT2D eigenvalue weighted by Crippen LogP contribution is -2.51. The van der Waals surface area contributed by atoms with E-state index in [4.69, 9.17) is 4.74 Å². The molecule has 0 spiro atoms. The number of carbonyl (C=O) groups is 2. The second kappa shape index (κ2) is 9.69. The Morgan fingerprint density at radius 1 is 0.939 bits per heavy atom. The van der Waals surface area contributed by atoms with E-state index in [1.165, 1.54) is 0 Å². The number of hydrogen-bond donors (Lipinski definition) is 1. The summed E-state index contributed by atoms with van der Waals surface area (Å²) in [4.78, 5) is 32.8. The van der Waals surface area contributed by atoms with E-state index in [1.807, 2.05) is 35.2 Å². The number of amides is 2. The lowest BCUT2D eigenvalue weighted by atomic mass is 9.95. The van der Waals surface area contributed by atoms with Crippen LogP contribution in [0.2, 0.25) is 0 Å². The Morgan fingerprint density at radius 3 is 2.48 bits per heavy atom. The number of fused-ring (bicyclic) bond motifs is 1. The first-order valence-electron chi connectivity index (χ1n) is 12.2. The number of hydrogen-bond acceptors (Lipinski definition) is 5. The summed E-state index contributed by atoms with van der Waals surface area (Å²) >= 11 is 0. The zero-order chi connectivity index (χ0) is 22.8. The fraction of sp³-hybridized carbons (Fsp3) is 0.538. The molecule has 0 aromatic heterocycles. The van der Waals surface area contributed by atoms with Crippen molar-refractivity contribution in [3.05, 3.63) is 42.0 Å². The maximum absolute atomic E-state index is 13.4. The van der Waals surface area contributed by atoms with E-state index < -0.39 is 6.04 Å². The van der Waals surface area contributed by atoms with Crippen LogP contribution in [0.5, 0.6) is 5.75 Å². The molecule has 3 aliphatic heterocycles. The van der Waals surface area contributed by atoms with Gasteiger partial charge < -0.3 is 19.6 Å². The van der Waals surface area contributed by atoms with Gasteiger partial charge >= 0.3 is 0 Å². The number of phenolic OH excluding ortho intramolecular Hbond substituents is 1. The average Bonchev–Trinajstić information content (AvgIpc) is 3.35. The van der Waals surface area contributed by atoms with Crippen LogP contribution >= 0.6 is 0 Å². The number of piperidine rings is 1. The summed E-state index contributed by atoms with van der Waals surface area (Å²) in [6.45, 7) is 6.78. The molecule has 3 saturated heterocycles. The SMILES string of the molecule is O=C(C1CCCN1C(=O)c1ccc2ccccc2c1O)N1CCC(CN2CCOCC2)CC1. The minimum atomic E-state index is -0.431. The topological polar surface area (TPSA) is 73.3 Å². The molecule has 3 aliphatic rings. The van der Waals surface area contributed by atoms with Gasteiger partial charge in [0.05, 0.1) is 18.8 Å². The van der Waals surface area contributed by atoms with Gasteiger partial charge in [-0.05, 0) is 43.1 Å². The van der Waals surface area contributed by atoms with E-state index in [-0.39, 0.29) is 23.1 Å². The van der Waals surface area contributed by atoms with Gasteiger partial charge in [-0.1, -0.05) is 30.3 Å². The summed E-state index contributed by atoms with van der Waals surface area (Å²) in [5.74, 6) is 0.422. The minimum Gasteiger partial charge on any atom is -0.506 e. The highest BCUT2D eigenvalue weighted by Crippen LogP contribution is 2.32. The van der Waals surface area contributed by atoms with Crippen LogP contribution in [0.4, 0.5) is 0 Å².